The molecular formula is C10H10BrF3N2. The Bertz CT molecular complexity index is 423. The topological polar surface area (TPSA) is 29.3 Å². The average Bonchev–Trinajstić information content (AvgIpc) is 2.52. The molecule has 88 valence electrons. The smallest absolute Gasteiger partial charge is 0.266 e. The van der Waals surface area contributed by atoms with Crippen molar-refractivity contribution in [1.82, 2.24) is 0 Å². The van der Waals surface area contributed by atoms with Gasteiger partial charge in [0.15, 0.2) is 0 Å². The van der Waals surface area contributed by atoms with Gasteiger partial charge in [0, 0.05) is 17.4 Å². The van der Waals surface area contributed by atoms with Gasteiger partial charge in [-0.05, 0) is 12.1 Å². The van der Waals surface area contributed by atoms with Crippen LogP contribution in [0.5, 0.6) is 0 Å². The molecule has 6 heteroatoms. The van der Waals surface area contributed by atoms with Gasteiger partial charge >= 0.3 is 0 Å². The second-order valence-corrected chi connectivity index (χ2v) is 4.76. The molecule has 0 saturated carbocycles. The lowest BCUT2D eigenvalue weighted by atomic mass is 10.2. The molecule has 1 aromatic rings. The van der Waals surface area contributed by atoms with Crippen LogP contribution in [0.15, 0.2) is 16.6 Å². The molecule has 2 rings (SSSR count). The van der Waals surface area contributed by atoms with E-state index in [4.69, 9.17) is 5.73 Å². The van der Waals surface area contributed by atoms with Crippen molar-refractivity contribution in [2.45, 2.75) is 12.3 Å². The van der Waals surface area contributed by atoms with E-state index in [1.165, 1.54) is 11.0 Å². The molecule has 1 fully saturated rings. The highest BCUT2D eigenvalue weighted by Gasteiger charge is 2.39. The summed E-state index contributed by atoms with van der Waals surface area (Å²) in [6.45, 7) is -0.222. The van der Waals surface area contributed by atoms with Crippen molar-refractivity contribution < 1.29 is 13.2 Å². The molecule has 0 amide bonds. The van der Waals surface area contributed by atoms with Gasteiger partial charge in [-0.15, -0.1) is 0 Å². The quantitative estimate of drug-likeness (QED) is 0.807. The Hall–Kier alpha value is -0.910. The van der Waals surface area contributed by atoms with E-state index in [0.29, 0.717) is 10.2 Å². The van der Waals surface area contributed by atoms with E-state index < -0.39 is 18.3 Å². The molecule has 1 aromatic carbocycles. The van der Waals surface area contributed by atoms with E-state index in [1.807, 2.05) is 0 Å². The predicted molar refractivity (Wildman–Crippen MR) is 60.3 cm³/mol. The molecule has 0 unspecified atom stereocenters. The Labute approximate surface area is 99.3 Å². The van der Waals surface area contributed by atoms with Gasteiger partial charge in [0.1, 0.15) is 5.82 Å². The van der Waals surface area contributed by atoms with Gasteiger partial charge < -0.3 is 10.6 Å². The highest BCUT2D eigenvalue weighted by Crippen LogP contribution is 2.36. The van der Waals surface area contributed by atoms with Crippen molar-refractivity contribution in [2.24, 2.45) is 0 Å². The monoisotopic (exact) mass is 294 g/mol. The first-order valence-electron chi connectivity index (χ1n) is 4.76. The van der Waals surface area contributed by atoms with E-state index in [1.54, 1.807) is 6.07 Å². The summed E-state index contributed by atoms with van der Waals surface area (Å²) in [5.41, 5.74) is 5.78. The number of rotatable bonds is 1. The third kappa shape index (κ3) is 2.11. The van der Waals surface area contributed by atoms with Crippen molar-refractivity contribution in [2.75, 3.05) is 23.7 Å². The Balaban J connectivity index is 2.35. The van der Waals surface area contributed by atoms with Gasteiger partial charge in [-0.25, -0.2) is 13.2 Å². The number of halogens is 4. The molecule has 0 radical (unpaired) electrons. The van der Waals surface area contributed by atoms with Crippen LogP contribution in [-0.2, 0) is 0 Å². The number of benzene rings is 1. The lowest BCUT2D eigenvalue weighted by Gasteiger charge is -2.20. The molecule has 1 aliphatic rings. The zero-order chi connectivity index (χ0) is 11.9. The molecular weight excluding hydrogens is 285 g/mol. The van der Waals surface area contributed by atoms with Gasteiger partial charge in [-0.3, -0.25) is 0 Å². The second-order valence-electron chi connectivity index (χ2n) is 3.85. The fourth-order valence-corrected chi connectivity index (χ4v) is 2.19. The van der Waals surface area contributed by atoms with Gasteiger partial charge in [0.05, 0.1) is 17.9 Å². The Morgan fingerprint density at radius 1 is 1.38 bits per heavy atom. The number of nitrogens with zero attached hydrogens (tertiary/aromatic N) is 1. The third-order valence-corrected chi connectivity index (χ3v) is 3.04. The zero-order valence-electron chi connectivity index (χ0n) is 8.31. The molecule has 1 heterocycles. The molecule has 0 aromatic heterocycles. The Morgan fingerprint density at radius 2 is 2.06 bits per heavy atom. The molecule has 16 heavy (non-hydrogen) atoms. The summed E-state index contributed by atoms with van der Waals surface area (Å²) in [6, 6.07) is 2.77. The Kier molecular flexibility index (Phi) is 2.77. The molecule has 0 aliphatic carbocycles. The van der Waals surface area contributed by atoms with Crippen LogP contribution in [0.3, 0.4) is 0 Å². The predicted octanol–water partition coefficient (Wildman–Crippen LogP) is 3.02. The Morgan fingerprint density at radius 3 is 2.62 bits per heavy atom. The van der Waals surface area contributed by atoms with Gasteiger partial charge in [-0.1, -0.05) is 15.9 Å². The number of hydrogen-bond acceptors (Lipinski definition) is 2. The lowest BCUT2D eigenvalue weighted by molar-refractivity contribution is 0.0257. The summed E-state index contributed by atoms with van der Waals surface area (Å²) in [6.07, 6.45) is -0.222. The summed E-state index contributed by atoms with van der Waals surface area (Å²) in [5.74, 6) is -3.31. The molecule has 1 saturated heterocycles. The first-order valence-corrected chi connectivity index (χ1v) is 5.56. The summed E-state index contributed by atoms with van der Waals surface area (Å²) in [7, 11) is 0. The zero-order valence-corrected chi connectivity index (χ0v) is 9.90. The molecule has 0 spiro atoms. The lowest BCUT2D eigenvalue weighted by Crippen LogP contribution is -2.25. The van der Waals surface area contributed by atoms with Crippen LogP contribution in [-0.4, -0.2) is 19.0 Å². The minimum Gasteiger partial charge on any atom is -0.395 e. The van der Waals surface area contributed by atoms with Crippen LogP contribution >= 0.6 is 15.9 Å². The fourth-order valence-electron chi connectivity index (χ4n) is 1.77. The maximum absolute atomic E-state index is 13.3. The van der Waals surface area contributed by atoms with Crippen LogP contribution in [0.4, 0.5) is 24.5 Å². The van der Waals surface area contributed by atoms with E-state index in [0.717, 1.165) is 0 Å². The van der Waals surface area contributed by atoms with Gasteiger partial charge in [-0.2, -0.15) is 0 Å². The highest BCUT2D eigenvalue weighted by atomic mass is 79.9. The number of nitrogens with two attached hydrogens (primary N) is 1. The molecule has 0 atom stereocenters. The van der Waals surface area contributed by atoms with Crippen LogP contribution < -0.4 is 10.6 Å². The fraction of sp³-hybridized carbons (Fsp3) is 0.400. The van der Waals surface area contributed by atoms with Gasteiger partial charge in [0.25, 0.3) is 5.92 Å². The van der Waals surface area contributed by atoms with E-state index in [2.05, 4.69) is 15.9 Å². The molecule has 2 N–H and O–H groups in total. The van der Waals surface area contributed by atoms with Crippen molar-refractivity contribution in [3.8, 4) is 0 Å². The molecule has 1 aliphatic heterocycles. The van der Waals surface area contributed by atoms with Crippen molar-refractivity contribution in [3.63, 3.8) is 0 Å². The van der Waals surface area contributed by atoms with E-state index >= 15 is 0 Å². The SMILES string of the molecule is Nc1c(F)cc(Br)cc1N1CCC(F)(F)C1. The number of anilines is 2. The van der Waals surface area contributed by atoms with Crippen LogP contribution in [0.2, 0.25) is 0 Å². The minimum absolute atomic E-state index is 0.0825. The number of alkyl halides is 2. The number of nitrogen functional groups attached to an aromatic ring is 1. The van der Waals surface area contributed by atoms with E-state index in [9.17, 15) is 13.2 Å². The van der Waals surface area contributed by atoms with Crippen molar-refractivity contribution >= 4 is 27.3 Å². The van der Waals surface area contributed by atoms with Crippen LogP contribution in [0.1, 0.15) is 6.42 Å². The summed E-state index contributed by atoms with van der Waals surface area (Å²) >= 11 is 3.11. The number of hydrogen-bond donors (Lipinski definition) is 1. The largest absolute Gasteiger partial charge is 0.395 e. The van der Waals surface area contributed by atoms with Crippen molar-refractivity contribution in [1.29, 1.82) is 0 Å². The van der Waals surface area contributed by atoms with E-state index in [-0.39, 0.29) is 18.7 Å². The standard InChI is InChI=1S/C10H10BrF3N2/c11-6-3-7(12)9(15)8(4-6)16-2-1-10(13,14)5-16/h3-4H,1-2,5,15H2. The molecule has 2 nitrogen and oxygen atoms in total. The molecule has 0 bridgehead atoms. The van der Waals surface area contributed by atoms with Gasteiger partial charge in [0.2, 0.25) is 0 Å². The second kappa shape index (κ2) is 3.84. The highest BCUT2D eigenvalue weighted by molar-refractivity contribution is 9.10. The first kappa shape index (κ1) is 11.6. The maximum Gasteiger partial charge on any atom is 0.266 e. The normalized spacial score (nSPS) is 19.1. The summed E-state index contributed by atoms with van der Waals surface area (Å²) in [5, 5.41) is 0. The average molecular weight is 295 g/mol. The third-order valence-electron chi connectivity index (χ3n) is 2.58. The summed E-state index contributed by atoms with van der Waals surface area (Å²) in [4.78, 5) is 1.41. The maximum atomic E-state index is 13.3. The van der Waals surface area contributed by atoms with Crippen LogP contribution in [0, 0.1) is 5.82 Å². The van der Waals surface area contributed by atoms with Crippen LogP contribution in [0.25, 0.3) is 0 Å². The van der Waals surface area contributed by atoms with Crippen molar-refractivity contribution in [3.05, 3.63) is 22.4 Å². The minimum atomic E-state index is -2.72. The summed E-state index contributed by atoms with van der Waals surface area (Å²) < 4.78 is 39.9. The first-order chi connectivity index (χ1) is 7.39.